The molecule has 2 N–H and O–H groups in total. The number of pyridine rings is 1. The molecule has 0 amide bonds. The molecule has 0 atom stereocenters. The maximum Gasteiger partial charge on any atom is 0.123 e. The first-order valence-corrected chi connectivity index (χ1v) is 6.12. The van der Waals surface area contributed by atoms with E-state index in [-0.39, 0.29) is 5.75 Å². The smallest absolute Gasteiger partial charge is 0.123 e. The Morgan fingerprint density at radius 1 is 1.16 bits per heavy atom. The van der Waals surface area contributed by atoms with Crippen LogP contribution in [0.4, 0.5) is 11.4 Å². The lowest BCUT2D eigenvalue weighted by atomic mass is 10.2. The Bertz CT molecular complexity index is 726. The lowest BCUT2D eigenvalue weighted by Crippen LogP contribution is -1.92. The average Bonchev–Trinajstić information content (AvgIpc) is 2.41. The van der Waals surface area contributed by atoms with Crippen molar-refractivity contribution in [1.29, 1.82) is 0 Å². The number of aromatic hydroxyl groups is 1. The zero-order valence-electron chi connectivity index (χ0n) is 9.89. The van der Waals surface area contributed by atoms with Gasteiger partial charge in [-0.25, -0.2) is 0 Å². The molecule has 19 heavy (non-hydrogen) atoms. The summed E-state index contributed by atoms with van der Waals surface area (Å²) >= 11 is 5.96. The second kappa shape index (κ2) is 4.78. The highest BCUT2D eigenvalue weighted by Gasteiger charge is 2.03. The minimum Gasteiger partial charge on any atom is -0.507 e. The molecule has 0 aliphatic carbocycles. The summed E-state index contributed by atoms with van der Waals surface area (Å²) in [5.74, 6) is 0.122. The third kappa shape index (κ3) is 2.46. The molecule has 0 bridgehead atoms. The number of phenolic OH excluding ortho intramolecular Hbond substituents is 1. The van der Waals surface area contributed by atoms with Gasteiger partial charge in [-0.05, 0) is 42.5 Å². The van der Waals surface area contributed by atoms with Crippen LogP contribution in [0.1, 0.15) is 0 Å². The van der Waals surface area contributed by atoms with E-state index in [0.717, 1.165) is 22.3 Å². The van der Waals surface area contributed by atoms with Crippen LogP contribution in [0.25, 0.3) is 10.9 Å². The van der Waals surface area contributed by atoms with Gasteiger partial charge in [0.05, 0.1) is 5.52 Å². The molecular weight excluding hydrogens is 260 g/mol. The summed E-state index contributed by atoms with van der Waals surface area (Å²) in [6.45, 7) is 0. The van der Waals surface area contributed by atoms with Crippen LogP contribution in [0.15, 0.2) is 48.7 Å². The van der Waals surface area contributed by atoms with Gasteiger partial charge in [0.15, 0.2) is 0 Å². The first-order chi connectivity index (χ1) is 9.22. The monoisotopic (exact) mass is 269 g/mol. The quantitative estimate of drug-likeness (QED) is 0.687. The van der Waals surface area contributed by atoms with Crippen molar-refractivity contribution in [2.75, 3.05) is 5.32 Å². The molecule has 0 aliphatic heterocycles. The predicted octanol–water partition coefficient (Wildman–Crippen LogP) is 4.14. The van der Waals surface area contributed by atoms with Crippen molar-refractivity contribution < 1.29 is 5.11 Å². The van der Waals surface area contributed by atoms with Crippen LogP contribution in [0.2, 0.25) is 5.02 Å². The van der Waals surface area contributed by atoms with Crippen LogP contribution in [0, 0.1) is 6.07 Å². The zero-order valence-corrected chi connectivity index (χ0v) is 10.6. The average molecular weight is 270 g/mol. The number of nitrogens with one attached hydrogen (secondary N) is 1. The number of halogens is 1. The van der Waals surface area contributed by atoms with Gasteiger partial charge in [-0.15, -0.1) is 0 Å². The van der Waals surface area contributed by atoms with E-state index in [2.05, 4.69) is 16.4 Å². The molecule has 3 rings (SSSR count). The molecule has 2 aromatic carbocycles. The molecule has 0 saturated heterocycles. The van der Waals surface area contributed by atoms with Gasteiger partial charge in [-0.2, -0.15) is 0 Å². The molecule has 0 aliphatic rings. The van der Waals surface area contributed by atoms with E-state index < -0.39 is 0 Å². The minimum absolute atomic E-state index is 0.122. The molecule has 1 radical (unpaired) electrons. The molecule has 0 fully saturated rings. The highest BCUT2D eigenvalue weighted by Crippen LogP contribution is 2.27. The molecule has 1 aromatic heterocycles. The minimum atomic E-state index is 0.122. The summed E-state index contributed by atoms with van der Waals surface area (Å²) in [7, 11) is 0. The molecule has 3 aromatic rings. The van der Waals surface area contributed by atoms with Gasteiger partial charge >= 0.3 is 0 Å². The van der Waals surface area contributed by atoms with Crippen LogP contribution in [-0.4, -0.2) is 10.1 Å². The lowest BCUT2D eigenvalue weighted by Gasteiger charge is -2.09. The lowest BCUT2D eigenvalue weighted by molar-refractivity contribution is 0.474. The number of fused-ring (bicyclic) bond motifs is 1. The van der Waals surface area contributed by atoms with E-state index >= 15 is 0 Å². The van der Waals surface area contributed by atoms with Crippen LogP contribution in [-0.2, 0) is 0 Å². The van der Waals surface area contributed by atoms with E-state index in [0.29, 0.717) is 5.02 Å². The molecule has 1 heterocycles. The van der Waals surface area contributed by atoms with Crippen LogP contribution in [0.3, 0.4) is 0 Å². The molecule has 0 spiro atoms. The van der Waals surface area contributed by atoms with Crippen molar-refractivity contribution in [1.82, 2.24) is 4.98 Å². The second-order valence-electron chi connectivity index (χ2n) is 4.11. The number of hydrogen-bond acceptors (Lipinski definition) is 3. The fourth-order valence-corrected chi connectivity index (χ4v) is 2.05. The largest absolute Gasteiger partial charge is 0.507 e. The van der Waals surface area contributed by atoms with Crippen molar-refractivity contribution >= 4 is 33.9 Å². The van der Waals surface area contributed by atoms with E-state index in [9.17, 15) is 5.11 Å². The standard InChI is InChI=1S/C15H10ClN2O/c16-10-1-6-13-14(7-8-17-15(13)9-10)18-11-2-4-12(19)5-3-11/h1-4,6-9,19H,(H,17,18). The van der Waals surface area contributed by atoms with Gasteiger partial charge in [0.2, 0.25) is 0 Å². The van der Waals surface area contributed by atoms with Gasteiger partial charge in [0, 0.05) is 34.0 Å². The number of hydrogen-bond donors (Lipinski definition) is 2. The van der Waals surface area contributed by atoms with Crippen molar-refractivity contribution in [3.63, 3.8) is 0 Å². The Kier molecular flexibility index (Phi) is 2.97. The van der Waals surface area contributed by atoms with Crippen molar-refractivity contribution in [3.8, 4) is 5.75 Å². The first-order valence-electron chi connectivity index (χ1n) is 5.74. The zero-order chi connectivity index (χ0) is 13.2. The van der Waals surface area contributed by atoms with Gasteiger partial charge in [-0.1, -0.05) is 11.6 Å². The molecule has 4 heteroatoms. The normalized spacial score (nSPS) is 10.6. The third-order valence-electron chi connectivity index (χ3n) is 2.78. The molecule has 0 saturated carbocycles. The van der Waals surface area contributed by atoms with Crippen molar-refractivity contribution in [3.05, 3.63) is 59.8 Å². The Balaban J connectivity index is 2.03. The number of phenols is 1. The third-order valence-corrected chi connectivity index (χ3v) is 3.02. The van der Waals surface area contributed by atoms with Gasteiger partial charge in [0.25, 0.3) is 0 Å². The van der Waals surface area contributed by atoms with E-state index in [1.165, 1.54) is 0 Å². The fourth-order valence-electron chi connectivity index (χ4n) is 1.88. The second-order valence-corrected chi connectivity index (χ2v) is 4.54. The Morgan fingerprint density at radius 2 is 2.05 bits per heavy atom. The van der Waals surface area contributed by atoms with E-state index in [4.69, 9.17) is 11.6 Å². The summed E-state index contributed by atoms with van der Waals surface area (Å²) in [5, 5.41) is 14.1. The maximum atomic E-state index is 9.22. The van der Waals surface area contributed by atoms with Crippen molar-refractivity contribution in [2.24, 2.45) is 0 Å². The predicted molar refractivity (Wildman–Crippen MR) is 77.0 cm³/mol. The highest BCUT2D eigenvalue weighted by atomic mass is 35.5. The maximum absolute atomic E-state index is 9.22. The van der Waals surface area contributed by atoms with Gasteiger partial charge < -0.3 is 10.4 Å². The van der Waals surface area contributed by atoms with E-state index in [1.807, 2.05) is 24.3 Å². The summed E-state index contributed by atoms with van der Waals surface area (Å²) < 4.78 is 0. The Hall–Kier alpha value is -2.26. The van der Waals surface area contributed by atoms with Crippen LogP contribution >= 0.6 is 11.6 Å². The molecule has 0 unspecified atom stereocenters. The number of rotatable bonds is 2. The SMILES string of the molecule is Oc1[c]cc(Nc2ccnc3cc(Cl)ccc23)cc1. The first kappa shape index (κ1) is 11.8. The molecular formula is C15H10ClN2O. The van der Waals surface area contributed by atoms with Crippen molar-refractivity contribution in [2.45, 2.75) is 0 Å². The topological polar surface area (TPSA) is 45.1 Å². The molecule has 3 nitrogen and oxygen atoms in total. The summed E-state index contributed by atoms with van der Waals surface area (Å²) in [6, 6.07) is 15.3. The Morgan fingerprint density at radius 3 is 2.84 bits per heavy atom. The van der Waals surface area contributed by atoms with E-state index in [1.54, 1.807) is 24.4 Å². The summed E-state index contributed by atoms with van der Waals surface area (Å²) in [6.07, 6.45) is 1.73. The number of anilines is 2. The fraction of sp³-hybridized carbons (Fsp3) is 0. The number of aromatic nitrogens is 1. The molecule has 93 valence electrons. The van der Waals surface area contributed by atoms with Gasteiger partial charge in [-0.3, -0.25) is 4.98 Å². The van der Waals surface area contributed by atoms with Crippen LogP contribution in [0.5, 0.6) is 5.75 Å². The number of nitrogens with zero attached hydrogens (tertiary/aromatic N) is 1. The van der Waals surface area contributed by atoms with Gasteiger partial charge in [0.1, 0.15) is 5.75 Å². The highest BCUT2D eigenvalue weighted by molar-refractivity contribution is 6.31. The van der Waals surface area contributed by atoms with Crippen LogP contribution < -0.4 is 5.32 Å². The number of benzene rings is 2. The Labute approximate surface area is 115 Å². The summed E-state index contributed by atoms with van der Waals surface area (Å²) in [4.78, 5) is 4.29. The summed E-state index contributed by atoms with van der Waals surface area (Å²) in [5.41, 5.74) is 2.61.